The zero-order valence-corrected chi connectivity index (χ0v) is 20.4. The van der Waals surface area contributed by atoms with Gasteiger partial charge in [0.25, 0.3) is 0 Å². The average molecular weight is 500 g/mol. The topological polar surface area (TPSA) is 56.7 Å². The maximum absolute atomic E-state index is 11.7. The molecule has 1 amide bonds. The second kappa shape index (κ2) is 11.6. The first-order valence-electron chi connectivity index (χ1n) is 10.1. The summed E-state index contributed by atoms with van der Waals surface area (Å²) in [7, 11) is 1.81. The molecule has 0 spiro atoms. The second-order valence-electron chi connectivity index (χ2n) is 8.81. The number of nitrogens with one attached hydrogen (secondary N) is 2. The summed E-state index contributed by atoms with van der Waals surface area (Å²) < 4.78 is 0. The maximum Gasteiger partial charge on any atom is 0.222 e. The summed E-state index contributed by atoms with van der Waals surface area (Å²) >= 11 is 0. The van der Waals surface area contributed by atoms with Gasteiger partial charge in [-0.1, -0.05) is 45.0 Å². The van der Waals surface area contributed by atoms with E-state index in [4.69, 9.17) is 0 Å². The van der Waals surface area contributed by atoms with Crippen molar-refractivity contribution >= 4 is 35.8 Å². The fourth-order valence-corrected chi connectivity index (χ4v) is 3.19. The third-order valence-electron chi connectivity index (χ3n) is 4.96. The van der Waals surface area contributed by atoms with E-state index in [1.54, 1.807) is 0 Å². The standard InChI is InChI=1S/C22H36N4O.HI/c1-17(12-13-22(2,3)4)25-21(23-5)24-15-18-8-10-19(11-9-18)16-26-14-6-7-20(26)27;/h8-11,17H,6-7,12-16H2,1-5H3,(H2,23,24,25);1H. The normalized spacial score (nSPS) is 16.0. The predicted octanol–water partition coefficient (Wildman–Crippen LogP) is 4.31. The highest BCUT2D eigenvalue weighted by molar-refractivity contribution is 14.0. The molecule has 0 saturated carbocycles. The largest absolute Gasteiger partial charge is 0.354 e. The van der Waals surface area contributed by atoms with Crippen molar-refractivity contribution in [1.82, 2.24) is 15.5 Å². The number of aliphatic imine (C=N–C) groups is 1. The predicted molar refractivity (Wildman–Crippen MR) is 128 cm³/mol. The molecule has 0 radical (unpaired) electrons. The van der Waals surface area contributed by atoms with Gasteiger partial charge in [-0.15, -0.1) is 24.0 Å². The highest BCUT2D eigenvalue weighted by atomic mass is 127. The van der Waals surface area contributed by atoms with Crippen molar-refractivity contribution in [3.8, 4) is 0 Å². The molecule has 0 bridgehead atoms. The van der Waals surface area contributed by atoms with Crippen LogP contribution in [0, 0.1) is 5.41 Å². The lowest BCUT2D eigenvalue weighted by Crippen LogP contribution is -2.42. The van der Waals surface area contributed by atoms with Gasteiger partial charge in [0, 0.05) is 39.1 Å². The molecule has 6 heteroatoms. The highest BCUT2D eigenvalue weighted by Gasteiger charge is 2.19. The smallest absolute Gasteiger partial charge is 0.222 e. The monoisotopic (exact) mass is 500 g/mol. The number of hydrogen-bond acceptors (Lipinski definition) is 2. The number of likely N-dealkylation sites (tertiary alicyclic amines) is 1. The molecule has 5 nitrogen and oxygen atoms in total. The molecular formula is C22H37IN4O. The van der Waals surface area contributed by atoms with E-state index < -0.39 is 0 Å². The van der Waals surface area contributed by atoms with Crippen LogP contribution in [-0.4, -0.2) is 36.4 Å². The Hall–Kier alpha value is -1.31. The lowest BCUT2D eigenvalue weighted by Gasteiger charge is -2.23. The van der Waals surface area contributed by atoms with Gasteiger partial charge in [0.1, 0.15) is 0 Å². The number of halogens is 1. The van der Waals surface area contributed by atoms with E-state index in [0.717, 1.165) is 38.4 Å². The zero-order chi connectivity index (χ0) is 19.9. The number of carbonyl (C=O) groups is 1. The molecule has 2 rings (SSSR count). The molecule has 1 aliphatic heterocycles. The van der Waals surface area contributed by atoms with E-state index in [1.807, 2.05) is 11.9 Å². The van der Waals surface area contributed by atoms with E-state index in [9.17, 15) is 4.79 Å². The van der Waals surface area contributed by atoms with Gasteiger partial charge in [0.15, 0.2) is 5.96 Å². The van der Waals surface area contributed by atoms with Gasteiger partial charge in [0.05, 0.1) is 0 Å². The Kier molecular flexibility index (Phi) is 10.3. The Bertz CT molecular complexity index is 637. The van der Waals surface area contributed by atoms with Crippen molar-refractivity contribution in [3.05, 3.63) is 35.4 Å². The minimum Gasteiger partial charge on any atom is -0.354 e. The summed E-state index contributed by atoms with van der Waals surface area (Å²) in [5, 5.41) is 6.86. The van der Waals surface area contributed by atoms with Gasteiger partial charge in [-0.3, -0.25) is 9.79 Å². The molecule has 0 aliphatic carbocycles. The van der Waals surface area contributed by atoms with Crippen LogP contribution in [0.25, 0.3) is 0 Å². The Morgan fingerprint density at radius 3 is 2.39 bits per heavy atom. The Morgan fingerprint density at radius 1 is 1.21 bits per heavy atom. The van der Waals surface area contributed by atoms with Crippen LogP contribution in [0.1, 0.15) is 64.5 Å². The van der Waals surface area contributed by atoms with E-state index in [2.05, 4.69) is 67.6 Å². The van der Waals surface area contributed by atoms with E-state index in [-0.39, 0.29) is 29.9 Å². The molecule has 2 N–H and O–H groups in total. The van der Waals surface area contributed by atoms with Gasteiger partial charge >= 0.3 is 0 Å². The van der Waals surface area contributed by atoms with Gasteiger partial charge in [-0.2, -0.15) is 0 Å². The fraction of sp³-hybridized carbons (Fsp3) is 0.636. The molecule has 28 heavy (non-hydrogen) atoms. The molecule has 1 unspecified atom stereocenters. The van der Waals surface area contributed by atoms with E-state index in [0.29, 0.717) is 17.9 Å². The Balaban J connectivity index is 0.00000392. The lowest BCUT2D eigenvalue weighted by molar-refractivity contribution is -0.128. The molecule has 1 aliphatic rings. The lowest BCUT2D eigenvalue weighted by atomic mass is 9.89. The number of benzene rings is 1. The molecule has 158 valence electrons. The first-order valence-corrected chi connectivity index (χ1v) is 10.1. The number of carbonyl (C=O) groups excluding carboxylic acids is 1. The van der Waals surface area contributed by atoms with Crippen molar-refractivity contribution in [3.63, 3.8) is 0 Å². The first-order chi connectivity index (χ1) is 12.8. The maximum atomic E-state index is 11.7. The Labute approximate surface area is 187 Å². The third-order valence-corrected chi connectivity index (χ3v) is 4.96. The molecule has 1 saturated heterocycles. The first kappa shape index (κ1) is 24.7. The van der Waals surface area contributed by atoms with Crippen molar-refractivity contribution in [1.29, 1.82) is 0 Å². The molecule has 1 aromatic carbocycles. The SMILES string of the molecule is CN=C(NCc1ccc(CN2CCCC2=O)cc1)NC(C)CCC(C)(C)C.I. The van der Waals surface area contributed by atoms with Crippen LogP contribution in [0.3, 0.4) is 0 Å². The van der Waals surface area contributed by atoms with Crippen LogP contribution < -0.4 is 10.6 Å². The van der Waals surface area contributed by atoms with Crippen molar-refractivity contribution in [2.75, 3.05) is 13.6 Å². The minimum absolute atomic E-state index is 0. The highest BCUT2D eigenvalue weighted by Crippen LogP contribution is 2.21. The molecule has 0 aromatic heterocycles. The quantitative estimate of drug-likeness (QED) is 0.334. The Morgan fingerprint density at radius 2 is 1.86 bits per heavy atom. The summed E-state index contributed by atoms with van der Waals surface area (Å²) in [6.45, 7) is 11.4. The van der Waals surface area contributed by atoms with Crippen LogP contribution >= 0.6 is 24.0 Å². The number of nitrogens with zero attached hydrogens (tertiary/aromatic N) is 2. The molecule has 1 fully saturated rings. The van der Waals surface area contributed by atoms with E-state index in [1.165, 1.54) is 17.5 Å². The number of rotatable bonds is 7. The zero-order valence-electron chi connectivity index (χ0n) is 18.0. The molecule has 1 aromatic rings. The van der Waals surface area contributed by atoms with Crippen molar-refractivity contribution < 1.29 is 4.79 Å². The van der Waals surface area contributed by atoms with E-state index >= 15 is 0 Å². The van der Waals surface area contributed by atoms with Crippen LogP contribution in [0.15, 0.2) is 29.3 Å². The summed E-state index contributed by atoms with van der Waals surface area (Å²) in [4.78, 5) is 18.0. The average Bonchev–Trinajstić information content (AvgIpc) is 3.02. The summed E-state index contributed by atoms with van der Waals surface area (Å²) in [6, 6.07) is 8.87. The minimum atomic E-state index is 0. The number of amides is 1. The number of guanidine groups is 1. The fourth-order valence-electron chi connectivity index (χ4n) is 3.19. The van der Waals surface area contributed by atoms with Crippen molar-refractivity contribution in [2.24, 2.45) is 10.4 Å². The number of hydrogen-bond donors (Lipinski definition) is 2. The van der Waals surface area contributed by atoms with Gasteiger partial charge in [-0.25, -0.2) is 0 Å². The molecule has 1 heterocycles. The summed E-state index contributed by atoms with van der Waals surface area (Å²) in [5.74, 6) is 1.11. The van der Waals surface area contributed by atoms with Gasteiger partial charge in [0.2, 0.25) is 5.91 Å². The second-order valence-corrected chi connectivity index (χ2v) is 8.81. The van der Waals surface area contributed by atoms with Crippen LogP contribution in [-0.2, 0) is 17.9 Å². The third kappa shape index (κ3) is 8.80. The van der Waals surface area contributed by atoms with Crippen LogP contribution in [0.5, 0.6) is 0 Å². The van der Waals surface area contributed by atoms with Crippen LogP contribution in [0.2, 0.25) is 0 Å². The summed E-state index contributed by atoms with van der Waals surface area (Å²) in [5.41, 5.74) is 2.75. The molecule has 1 atom stereocenters. The van der Waals surface area contributed by atoms with Crippen molar-refractivity contribution in [2.45, 2.75) is 72.5 Å². The van der Waals surface area contributed by atoms with Crippen LogP contribution in [0.4, 0.5) is 0 Å². The van der Waals surface area contributed by atoms with Gasteiger partial charge in [-0.05, 0) is 42.7 Å². The summed E-state index contributed by atoms with van der Waals surface area (Å²) in [6.07, 6.45) is 3.98. The van der Waals surface area contributed by atoms with Gasteiger partial charge < -0.3 is 15.5 Å². The molecular weight excluding hydrogens is 463 g/mol.